The molecule has 1 aromatic heterocycles. The van der Waals surface area contributed by atoms with Crippen LogP contribution in [0.2, 0.25) is 0 Å². The van der Waals surface area contributed by atoms with Gasteiger partial charge in [0.2, 0.25) is 0 Å². The summed E-state index contributed by atoms with van der Waals surface area (Å²) in [5.74, 6) is -0.149. The number of anilines is 1. The summed E-state index contributed by atoms with van der Waals surface area (Å²) in [4.78, 5) is 18.4. The lowest BCUT2D eigenvalue weighted by Crippen LogP contribution is -2.34. The van der Waals surface area contributed by atoms with Crippen molar-refractivity contribution in [1.29, 1.82) is 0 Å². The van der Waals surface area contributed by atoms with Crippen LogP contribution in [-0.4, -0.2) is 48.1 Å². The maximum absolute atomic E-state index is 11.3. The van der Waals surface area contributed by atoms with Crippen molar-refractivity contribution in [1.82, 2.24) is 9.88 Å². The fraction of sp³-hybridized carbons (Fsp3) is 0.733. The van der Waals surface area contributed by atoms with Crippen molar-refractivity contribution in [2.24, 2.45) is 0 Å². The van der Waals surface area contributed by atoms with Gasteiger partial charge in [-0.1, -0.05) is 6.92 Å². The Kier molecular flexibility index (Phi) is 6.45. The average molecular weight is 311 g/mol. The van der Waals surface area contributed by atoms with E-state index < -0.39 is 0 Å². The molecule has 6 heteroatoms. The molecule has 0 aliphatic carbocycles. The maximum Gasteiger partial charge on any atom is 0.306 e. The molecule has 1 aliphatic rings. The van der Waals surface area contributed by atoms with E-state index in [1.807, 2.05) is 12.3 Å². The molecule has 0 spiro atoms. The van der Waals surface area contributed by atoms with Gasteiger partial charge in [-0.25, -0.2) is 4.98 Å². The first-order valence-electron chi connectivity index (χ1n) is 7.80. The predicted molar refractivity (Wildman–Crippen MR) is 85.8 cm³/mol. The number of aromatic nitrogens is 1. The van der Waals surface area contributed by atoms with Gasteiger partial charge >= 0.3 is 5.97 Å². The van der Waals surface area contributed by atoms with E-state index in [2.05, 4.69) is 22.1 Å². The monoisotopic (exact) mass is 311 g/mol. The van der Waals surface area contributed by atoms with E-state index in [0.717, 1.165) is 23.9 Å². The molecule has 2 rings (SSSR count). The van der Waals surface area contributed by atoms with E-state index >= 15 is 0 Å². The Labute approximate surface area is 130 Å². The van der Waals surface area contributed by atoms with Gasteiger partial charge in [0.1, 0.15) is 0 Å². The highest BCUT2D eigenvalue weighted by molar-refractivity contribution is 7.13. The number of likely N-dealkylation sites (tertiary alicyclic amines) is 1. The Bertz CT molecular complexity index is 450. The fourth-order valence-corrected chi connectivity index (χ4v) is 3.47. The molecular weight excluding hydrogens is 286 g/mol. The second-order valence-corrected chi connectivity index (χ2v) is 6.11. The van der Waals surface area contributed by atoms with Crippen molar-refractivity contribution in [3.05, 3.63) is 11.1 Å². The number of hydrogen-bond acceptors (Lipinski definition) is 6. The predicted octanol–water partition coefficient (Wildman–Crippen LogP) is 2.54. The molecule has 0 amide bonds. The first kappa shape index (κ1) is 16.2. The van der Waals surface area contributed by atoms with Crippen molar-refractivity contribution < 1.29 is 9.53 Å². The van der Waals surface area contributed by atoms with Crippen molar-refractivity contribution in [3.8, 4) is 0 Å². The highest BCUT2D eigenvalue weighted by atomic mass is 32.1. The number of nitrogens with zero attached hydrogens (tertiary/aromatic N) is 2. The number of carbonyl (C=O) groups is 1. The van der Waals surface area contributed by atoms with Gasteiger partial charge in [0.15, 0.2) is 5.13 Å². The molecular formula is C15H25N3O2S. The third-order valence-electron chi connectivity index (χ3n) is 3.84. The molecule has 118 valence electrons. The second kappa shape index (κ2) is 8.34. The third kappa shape index (κ3) is 4.97. The number of likely N-dealkylation sites (N-methyl/N-ethyl adjacent to an activating group) is 1. The quantitative estimate of drug-likeness (QED) is 0.748. The molecule has 0 radical (unpaired) electrons. The summed E-state index contributed by atoms with van der Waals surface area (Å²) in [5.41, 5.74) is 0.967. The van der Waals surface area contributed by atoms with Gasteiger partial charge in [-0.3, -0.25) is 9.69 Å². The van der Waals surface area contributed by atoms with Crippen molar-refractivity contribution in [2.45, 2.75) is 45.6 Å². The Hall–Kier alpha value is -1.14. The van der Waals surface area contributed by atoms with E-state index in [-0.39, 0.29) is 5.97 Å². The highest BCUT2D eigenvalue weighted by Crippen LogP contribution is 2.20. The average Bonchev–Trinajstić information content (AvgIpc) is 3.12. The molecule has 1 saturated heterocycles. The minimum atomic E-state index is -0.149. The van der Waals surface area contributed by atoms with Gasteiger partial charge in [-0.15, -0.1) is 11.3 Å². The summed E-state index contributed by atoms with van der Waals surface area (Å²) in [5, 5.41) is 6.41. The number of esters is 1. The highest BCUT2D eigenvalue weighted by Gasteiger charge is 2.22. The first-order valence-corrected chi connectivity index (χ1v) is 8.68. The maximum atomic E-state index is 11.3. The van der Waals surface area contributed by atoms with Crippen LogP contribution >= 0.6 is 11.3 Å². The van der Waals surface area contributed by atoms with Crippen LogP contribution in [0.4, 0.5) is 5.13 Å². The Morgan fingerprint density at radius 3 is 3.19 bits per heavy atom. The van der Waals surface area contributed by atoms with Gasteiger partial charge in [-0.2, -0.15) is 0 Å². The Morgan fingerprint density at radius 1 is 1.57 bits per heavy atom. The minimum Gasteiger partial charge on any atom is -0.466 e. The number of ether oxygens (including phenoxy) is 1. The molecule has 0 aromatic carbocycles. The number of rotatable bonds is 8. The summed E-state index contributed by atoms with van der Waals surface area (Å²) in [6, 6.07) is 0.627. The zero-order chi connectivity index (χ0) is 15.1. The largest absolute Gasteiger partial charge is 0.466 e. The van der Waals surface area contributed by atoms with Crippen LogP contribution in [0.15, 0.2) is 5.38 Å². The Morgan fingerprint density at radius 2 is 2.43 bits per heavy atom. The van der Waals surface area contributed by atoms with Gasteiger partial charge < -0.3 is 10.1 Å². The molecule has 5 nitrogen and oxygen atoms in total. The number of aryl methyl sites for hydroxylation is 1. The van der Waals surface area contributed by atoms with E-state index in [1.54, 1.807) is 11.3 Å². The summed E-state index contributed by atoms with van der Waals surface area (Å²) in [7, 11) is 0. The molecule has 21 heavy (non-hydrogen) atoms. The molecule has 0 bridgehead atoms. The molecule has 1 aliphatic heterocycles. The van der Waals surface area contributed by atoms with Crippen molar-refractivity contribution >= 4 is 22.4 Å². The van der Waals surface area contributed by atoms with Crippen LogP contribution in [-0.2, 0) is 16.0 Å². The summed E-state index contributed by atoms with van der Waals surface area (Å²) in [6.07, 6.45) is 3.62. The second-order valence-electron chi connectivity index (χ2n) is 5.25. The number of thiazole rings is 1. The standard InChI is InChI=1S/C15H25N3O2S/c1-3-18-9-5-6-13(18)10-16-15-17-12(11-21-15)7-8-14(19)20-4-2/h11,13H,3-10H2,1-2H3,(H,16,17). The molecule has 1 aromatic rings. The first-order chi connectivity index (χ1) is 10.2. The van der Waals surface area contributed by atoms with Crippen LogP contribution in [0.5, 0.6) is 0 Å². The topological polar surface area (TPSA) is 54.5 Å². The summed E-state index contributed by atoms with van der Waals surface area (Å²) in [6.45, 7) is 7.78. The molecule has 0 saturated carbocycles. The van der Waals surface area contributed by atoms with Crippen LogP contribution in [0, 0.1) is 0 Å². The van der Waals surface area contributed by atoms with Crippen LogP contribution in [0.3, 0.4) is 0 Å². The van der Waals surface area contributed by atoms with Gasteiger partial charge in [0.25, 0.3) is 0 Å². The lowest BCUT2D eigenvalue weighted by Gasteiger charge is -2.22. The summed E-state index contributed by atoms with van der Waals surface area (Å²) >= 11 is 1.61. The lowest BCUT2D eigenvalue weighted by molar-refractivity contribution is -0.143. The van der Waals surface area contributed by atoms with Gasteiger partial charge in [0, 0.05) is 24.4 Å². The van der Waals surface area contributed by atoms with Gasteiger partial charge in [0.05, 0.1) is 18.7 Å². The Balaban J connectivity index is 1.74. The molecule has 1 atom stereocenters. The van der Waals surface area contributed by atoms with E-state index in [4.69, 9.17) is 4.74 Å². The van der Waals surface area contributed by atoms with E-state index in [0.29, 0.717) is 25.5 Å². The number of nitrogens with one attached hydrogen (secondary N) is 1. The summed E-state index contributed by atoms with van der Waals surface area (Å²) < 4.78 is 4.93. The fourth-order valence-electron chi connectivity index (χ4n) is 2.71. The third-order valence-corrected chi connectivity index (χ3v) is 4.69. The van der Waals surface area contributed by atoms with E-state index in [9.17, 15) is 4.79 Å². The van der Waals surface area contributed by atoms with Crippen LogP contribution in [0.1, 0.15) is 38.8 Å². The van der Waals surface area contributed by atoms with E-state index in [1.165, 1.54) is 19.4 Å². The lowest BCUT2D eigenvalue weighted by atomic mass is 10.2. The zero-order valence-electron chi connectivity index (χ0n) is 12.9. The molecule has 1 N–H and O–H groups in total. The SMILES string of the molecule is CCOC(=O)CCc1csc(NCC2CCCN2CC)n1. The zero-order valence-corrected chi connectivity index (χ0v) is 13.7. The van der Waals surface area contributed by atoms with Crippen molar-refractivity contribution in [3.63, 3.8) is 0 Å². The normalized spacial score (nSPS) is 18.9. The molecule has 1 fully saturated rings. The van der Waals surface area contributed by atoms with Crippen molar-refractivity contribution in [2.75, 3.05) is 31.6 Å². The van der Waals surface area contributed by atoms with Crippen LogP contribution < -0.4 is 5.32 Å². The molecule has 2 heterocycles. The number of hydrogen-bond donors (Lipinski definition) is 1. The molecule has 1 unspecified atom stereocenters. The van der Waals surface area contributed by atoms with Gasteiger partial charge in [-0.05, 0) is 32.9 Å². The van der Waals surface area contributed by atoms with Crippen LogP contribution in [0.25, 0.3) is 0 Å². The minimum absolute atomic E-state index is 0.149. The number of carbonyl (C=O) groups excluding carboxylic acids is 1. The smallest absolute Gasteiger partial charge is 0.306 e.